The number of rotatable bonds is 7. The molecule has 1 aliphatic rings. The number of benzene rings is 2. The Bertz CT molecular complexity index is 839. The van der Waals surface area contributed by atoms with Crippen LogP contribution >= 0.6 is 12.4 Å². The van der Waals surface area contributed by atoms with Gasteiger partial charge in [0.1, 0.15) is 17.2 Å². The monoisotopic (exact) mass is 403 g/mol. The summed E-state index contributed by atoms with van der Waals surface area (Å²) in [4.78, 5) is 10.3. The minimum atomic E-state index is -0.627. The number of halogens is 1. The summed E-state index contributed by atoms with van der Waals surface area (Å²) >= 11 is 0. The molecule has 1 heterocycles. The summed E-state index contributed by atoms with van der Waals surface area (Å²) in [6, 6.07) is 17.4. The molecule has 28 heavy (non-hydrogen) atoms. The lowest BCUT2D eigenvalue weighted by Crippen LogP contribution is -2.54. The van der Waals surface area contributed by atoms with E-state index in [1.54, 1.807) is 0 Å². The van der Waals surface area contributed by atoms with E-state index in [0.29, 0.717) is 19.2 Å². The average Bonchev–Trinajstić information content (AvgIpc) is 2.61. The Labute approximate surface area is 171 Å². The van der Waals surface area contributed by atoms with Gasteiger partial charge in [-0.1, -0.05) is 24.3 Å². The van der Waals surface area contributed by atoms with E-state index >= 15 is 0 Å². The van der Waals surface area contributed by atoms with Crippen molar-refractivity contribution in [3.63, 3.8) is 0 Å². The maximum absolute atomic E-state index is 6.08. The summed E-state index contributed by atoms with van der Waals surface area (Å²) in [6.07, 6.45) is 0.777. The number of hydrogen-bond donors (Lipinski definition) is 2. The van der Waals surface area contributed by atoms with Crippen LogP contribution in [0.15, 0.2) is 64.6 Å². The second-order valence-corrected chi connectivity index (χ2v) is 6.63. The molecule has 2 aromatic rings. The molecule has 0 radical (unpaired) electrons. The van der Waals surface area contributed by atoms with Crippen LogP contribution in [0.1, 0.15) is 20.3 Å². The van der Waals surface area contributed by atoms with Crippen LogP contribution in [-0.4, -0.2) is 30.8 Å². The van der Waals surface area contributed by atoms with E-state index in [9.17, 15) is 0 Å². The van der Waals surface area contributed by atoms with Gasteiger partial charge in [-0.05, 0) is 38.1 Å². The van der Waals surface area contributed by atoms with Gasteiger partial charge in [0.25, 0.3) is 0 Å². The molecule has 0 aliphatic carbocycles. The lowest BCUT2D eigenvalue weighted by molar-refractivity contribution is 0.247. The summed E-state index contributed by atoms with van der Waals surface area (Å²) < 4.78 is 11.5. The Hall–Kier alpha value is -2.93. The molecule has 1 aliphatic heterocycles. The highest BCUT2D eigenvalue weighted by Crippen LogP contribution is 2.29. The van der Waals surface area contributed by atoms with Gasteiger partial charge in [0.15, 0.2) is 0 Å². The second-order valence-electron chi connectivity index (χ2n) is 6.63. The number of hydrogen-bond acceptors (Lipinski definition) is 7. The molecule has 7 nitrogen and oxygen atoms in total. The van der Waals surface area contributed by atoms with E-state index in [1.165, 1.54) is 0 Å². The largest absolute Gasteiger partial charge is 0.493 e. The Balaban J connectivity index is 0.00000280. The fourth-order valence-electron chi connectivity index (χ4n) is 2.92. The predicted molar refractivity (Wildman–Crippen MR) is 116 cm³/mol. The van der Waals surface area contributed by atoms with Crippen LogP contribution in [0.25, 0.3) is 0 Å². The van der Waals surface area contributed by atoms with Crippen molar-refractivity contribution in [3.05, 3.63) is 54.6 Å². The molecule has 2 aromatic carbocycles. The summed E-state index contributed by atoms with van der Waals surface area (Å²) in [5.74, 6) is 2.10. The molecule has 0 saturated carbocycles. The van der Waals surface area contributed by atoms with Crippen molar-refractivity contribution in [2.45, 2.75) is 25.9 Å². The first-order chi connectivity index (χ1) is 13.0. The molecule has 4 N–H and O–H groups in total. The van der Waals surface area contributed by atoms with Crippen LogP contribution < -0.4 is 25.8 Å². The molecular weight excluding hydrogens is 378 g/mol. The van der Waals surface area contributed by atoms with E-state index < -0.39 is 5.66 Å². The quantitative estimate of drug-likeness (QED) is 0.692. The number of nitrogens with zero attached hydrogens (tertiary/aromatic N) is 3. The van der Waals surface area contributed by atoms with Crippen molar-refractivity contribution in [2.24, 2.45) is 21.5 Å². The molecular formula is C20H26ClN5O2. The Morgan fingerprint density at radius 1 is 0.929 bits per heavy atom. The van der Waals surface area contributed by atoms with Gasteiger partial charge in [-0.3, -0.25) is 4.90 Å². The minimum Gasteiger partial charge on any atom is -0.493 e. The van der Waals surface area contributed by atoms with Gasteiger partial charge < -0.3 is 20.9 Å². The molecule has 8 heteroatoms. The van der Waals surface area contributed by atoms with Gasteiger partial charge in [0.2, 0.25) is 11.9 Å². The van der Waals surface area contributed by atoms with Gasteiger partial charge in [-0.25, -0.2) is 4.99 Å². The first-order valence-corrected chi connectivity index (χ1v) is 8.86. The maximum atomic E-state index is 6.08. The zero-order chi connectivity index (χ0) is 19.3. The van der Waals surface area contributed by atoms with Crippen LogP contribution in [0.2, 0.25) is 0 Å². The molecule has 0 saturated heterocycles. The normalized spacial score (nSPS) is 15.1. The lowest BCUT2D eigenvalue weighted by atomic mass is 10.1. The average molecular weight is 404 g/mol. The van der Waals surface area contributed by atoms with Crippen molar-refractivity contribution >= 4 is 30.0 Å². The number of aliphatic imine (C=N–C) groups is 2. The summed E-state index contributed by atoms with van der Waals surface area (Å²) in [5, 5.41) is 0. The minimum absolute atomic E-state index is 0. The maximum Gasteiger partial charge on any atom is 0.220 e. The van der Waals surface area contributed by atoms with E-state index in [4.69, 9.17) is 20.9 Å². The summed E-state index contributed by atoms with van der Waals surface area (Å²) in [6.45, 7) is 5.00. The van der Waals surface area contributed by atoms with Crippen molar-refractivity contribution in [2.75, 3.05) is 18.1 Å². The van der Waals surface area contributed by atoms with Crippen LogP contribution in [0, 0.1) is 0 Å². The molecule has 0 bridgehead atoms. The Kier molecular flexibility index (Phi) is 7.12. The van der Waals surface area contributed by atoms with Crippen LogP contribution in [0.5, 0.6) is 11.5 Å². The third-order valence-corrected chi connectivity index (χ3v) is 4.04. The molecule has 0 unspecified atom stereocenters. The number of guanidine groups is 2. The van der Waals surface area contributed by atoms with Gasteiger partial charge in [-0.2, -0.15) is 4.99 Å². The number of ether oxygens (including phenoxy) is 2. The second kappa shape index (κ2) is 9.32. The standard InChI is InChI=1S/C20H25N5O2.ClH/c1-20(2)24-18(21)23-19(22)25(20)15-8-6-11-17(14-15)27-13-7-12-26-16-9-4-3-5-10-16;/h3-6,8-11,14H,7,12-13H2,1-2H3,(H4,21,22,23,24);1H. The van der Waals surface area contributed by atoms with Crippen molar-refractivity contribution in [1.82, 2.24) is 0 Å². The summed E-state index contributed by atoms with van der Waals surface area (Å²) in [5.41, 5.74) is 12.0. The Morgan fingerprint density at radius 2 is 1.57 bits per heavy atom. The highest BCUT2D eigenvalue weighted by atomic mass is 35.5. The highest BCUT2D eigenvalue weighted by molar-refractivity contribution is 6.05. The van der Waals surface area contributed by atoms with Gasteiger partial charge in [-0.15, -0.1) is 12.4 Å². The van der Waals surface area contributed by atoms with Gasteiger partial charge in [0.05, 0.1) is 13.2 Å². The number of para-hydroxylation sites is 1. The molecule has 0 spiro atoms. The van der Waals surface area contributed by atoms with Crippen LogP contribution in [0.3, 0.4) is 0 Å². The lowest BCUT2D eigenvalue weighted by Gasteiger charge is -2.38. The predicted octanol–water partition coefficient (Wildman–Crippen LogP) is 3.14. The van der Waals surface area contributed by atoms with Crippen LogP contribution in [-0.2, 0) is 0 Å². The van der Waals surface area contributed by atoms with Gasteiger partial charge >= 0.3 is 0 Å². The van der Waals surface area contributed by atoms with Gasteiger partial charge in [0, 0.05) is 18.2 Å². The zero-order valence-corrected chi connectivity index (χ0v) is 16.9. The molecule has 0 fully saturated rings. The third kappa shape index (κ3) is 5.29. The first kappa shape index (κ1) is 21.4. The molecule has 150 valence electrons. The van der Waals surface area contributed by atoms with Crippen molar-refractivity contribution < 1.29 is 9.47 Å². The Morgan fingerprint density at radius 3 is 2.25 bits per heavy atom. The third-order valence-electron chi connectivity index (χ3n) is 4.04. The molecule has 0 amide bonds. The SMILES string of the molecule is CC1(C)N=C(N)N=C(N)N1c1cccc(OCCCOc2ccccc2)c1.Cl. The fourth-order valence-corrected chi connectivity index (χ4v) is 2.92. The first-order valence-electron chi connectivity index (χ1n) is 8.86. The van der Waals surface area contributed by atoms with E-state index in [0.717, 1.165) is 23.6 Å². The molecule has 3 rings (SSSR count). The number of nitrogens with two attached hydrogens (primary N) is 2. The van der Waals surface area contributed by atoms with E-state index in [-0.39, 0.29) is 18.4 Å². The van der Waals surface area contributed by atoms with E-state index in [1.807, 2.05) is 73.3 Å². The van der Waals surface area contributed by atoms with Crippen LogP contribution in [0.4, 0.5) is 5.69 Å². The van der Waals surface area contributed by atoms with Crippen molar-refractivity contribution in [3.8, 4) is 11.5 Å². The molecule has 0 atom stereocenters. The topological polar surface area (TPSA) is 98.5 Å². The summed E-state index contributed by atoms with van der Waals surface area (Å²) in [7, 11) is 0. The number of anilines is 1. The van der Waals surface area contributed by atoms with Crippen molar-refractivity contribution in [1.29, 1.82) is 0 Å². The van der Waals surface area contributed by atoms with E-state index in [2.05, 4.69) is 9.98 Å². The highest BCUT2D eigenvalue weighted by Gasteiger charge is 2.33. The molecule has 0 aromatic heterocycles. The smallest absolute Gasteiger partial charge is 0.220 e. The fraction of sp³-hybridized carbons (Fsp3) is 0.300. The zero-order valence-electron chi connectivity index (χ0n) is 16.0.